The minimum atomic E-state index is -4.15. The van der Waals surface area contributed by atoms with E-state index in [0.717, 1.165) is 48.0 Å². The van der Waals surface area contributed by atoms with Crippen LogP contribution in [0.1, 0.15) is 36.6 Å². The average molecular weight is 1100 g/mol. The number of fused-ring (bicyclic) bond motifs is 1. The third kappa shape index (κ3) is 13.6. The number of phenols is 6. The van der Waals surface area contributed by atoms with Gasteiger partial charge in [-0.1, -0.05) is 60.1 Å². The Morgan fingerprint density at radius 2 is 1.05 bits per heavy atom. The molecule has 12 N–H and O–H groups in total. The number of benzene rings is 5. The Hall–Kier alpha value is -8.31. The normalized spacial score (nSPS) is 17.5. The van der Waals surface area contributed by atoms with Gasteiger partial charge in [0.25, 0.3) is 27.7 Å². The molecular weight excluding hydrogens is 1060 g/mol. The Morgan fingerprint density at radius 1 is 0.649 bits per heavy atom. The maximum Gasteiger partial charge on any atom is 0.332 e. The molecule has 0 aliphatic carbocycles. The van der Waals surface area contributed by atoms with Crippen molar-refractivity contribution in [2.24, 2.45) is 10.1 Å². The molecule has 2 aliphatic heterocycles. The molecule has 0 bridgehead atoms. The summed E-state index contributed by atoms with van der Waals surface area (Å²) in [6.07, 6.45) is 0. The Morgan fingerprint density at radius 3 is 1.45 bits per heavy atom. The number of rotatable bonds is 11. The highest BCUT2D eigenvalue weighted by molar-refractivity contribution is 7.99. The summed E-state index contributed by atoms with van der Waals surface area (Å²) in [5.74, 6) is -10.6. The molecule has 0 spiro atoms. The van der Waals surface area contributed by atoms with E-state index in [0.29, 0.717) is 11.5 Å². The van der Waals surface area contributed by atoms with Crippen molar-refractivity contribution in [2.45, 2.75) is 33.7 Å². The molecule has 5 aromatic carbocycles. The molecule has 2 heterocycles. The minimum Gasteiger partial charge on any atom is -0.504 e. The molecule has 25 nitrogen and oxygen atoms in total. The number of sulfonamides is 2. The first-order valence-electron chi connectivity index (χ1n) is 21.0. The van der Waals surface area contributed by atoms with Gasteiger partial charge in [-0.15, -0.1) is 11.8 Å². The first-order chi connectivity index (χ1) is 34.9. The van der Waals surface area contributed by atoms with Gasteiger partial charge in [-0.3, -0.25) is 19.1 Å². The van der Waals surface area contributed by atoms with Crippen LogP contribution in [-0.2, 0) is 54.4 Å². The first-order valence-corrected chi connectivity index (χ1v) is 25.5. The van der Waals surface area contributed by atoms with Gasteiger partial charge in [-0.2, -0.15) is 0 Å². The number of aromatic hydroxyl groups is 6. The number of carbonyl (C=O) groups excluding carboxylic acids is 6. The van der Waals surface area contributed by atoms with E-state index in [-0.39, 0.29) is 21.4 Å². The van der Waals surface area contributed by atoms with Gasteiger partial charge in [-0.25, -0.2) is 41.4 Å². The Bertz CT molecular complexity index is 3090. The Balaban J connectivity index is 0.000000287. The van der Waals surface area contributed by atoms with E-state index < -0.39 is 150 Å². The molecule has 7 rings (SSSR count). The number of phenolic OH excluding ortho intramolecular Hbond substituents is 6. The second kappa shape index (κ2) is 23.5. The number of thioether (sulfide) groups is 1. The van der Waals surface area contributed by atoms with Gasteiger partial charge in [0.2, 0.25) is 10.0 Å². The number of carbonyl (C=O) groups is 6. The molecule has 1 fully saturated rings. The number of primary sulfonamides is 1. The number of para-hydroxylation sites is 3. The zero-order chi connectivity index (χ0) is 54.1. The van der Waals surface area contributed by atoms with Crippen LogP contribution in [0, 0.1) is 0 Å². The highest BCUT2D eigenvalue weighted by Crippen LogP contribution is 2.36. The fourth-order valence-electron chi connectivity index (χ4n) is 6.48. The lowest BCUT2D eigenvalue weighted by Gasteiger charge is -2.25. The number of nitrogens with two attached hydrogens (primary N) is 1. The Labute approximate surface area is 428 Å². The van der Waals surface area contributed by atoms with E-state index in [4.69, 9.17) is 31.0 Å². The maximum atomic E-state index is 13.1. The molecule has 3 atom stereocenters. The van der Waals surface area contributed by atoms with Crippen LogP contribution < -0.4 is 25.8 Å². The van der Waals surface area contributed by atoms with Gasteiger partial charge < -0.3 is 60.8 Å². The lowest BCUT2D eigenvalue weighted by molar-refractivity contribution is -0.160. The van der Waals surface area contributed by atoms with Crippen molar-refractivity contribution in [3.63, 3.8) is 0 Å². The number of nitrogens with one attached hydrogen (secondary N) is 4. The van der Waals surface area contributed by atoms with Gasteiger partial charge >= 0.3 is 17.9 Å². The van der Waals surface area contributed by atoms with Crippen molar-refractivity contribution in [2.75, 3.05) is 25.6 Å². The molecule has 0 saturated carbocycles. The number of esters is 3. The van der Waals surface area contributed by atoms with Crippen molar-refractivity contribution >= 4 is 90.6 Å². The zero-order valence-electron chi connectivity index (χ0n) is 37.6. The first kappa shape index (κ1) is 55.0. The van der Waals surface area contributed by atoms with Crippen molar-refractivity contribution < 1.29 is 90.5 Å². The van der Waals surface area contributed by atoms with Crippen LogP contribution in [0.5, 0.6) is 34.5 Å². The predicted molar refractivity (Wildman–Crippen MR) is 259 cm³/mol. The topological polar surface area (TPSA) is 406 Å². The molecule has 29 heteroatoms. The van der Waals surface area contributed by atoms with E-state index in [1.54, 1.807) is 0 Å². The predicted octanol–water partition coefficient (Wildman–Crippen LogP) is 1.50. The van der Waals surface area contributed by atoms with Gasteiger partial charge in [0.1, 0.15) is 35.4 Å². The summed E-state index contributed by atoms with van der Waals surface area (Å²) in [5, 5.41) is 70.8. The van der Waals surface area contributed by atoms with Crippen LogP contribution in [0.4, 0.5) is 5.69 Å². The van der Waals surface area contributed by atoms with E-state index in [1.165, 1.54) is 36.0 Å². The van der Waals surface area contributed by atoms with E-state index in [2.05, 4.69) is 25.7 Å². The number of hydrogen-bond acceptors (Lipinski definition) is 21. The molecule has 390 valence electrons. The third-order valence-electron chi connectivity index (χ3n) is 10.2. The Kier molecular flexibility index (Phi) is 17.5. The summed E-state index contributed by atoms with van der Waals surface area (Å²) >= 11 is 7.42. The monoisotopic (exact) mass is 1100 g/mol. The van der Waals surface area contributed by atoms with Crippen LogP contribution in [-0.4, -0.2) is 133 Å². The van der Waals surface area contributed by atoms with Crippen LogP contribution in [0.3, 0.4) is 0 Å². The lowest BCUT2D eigenvalue weighted by atomic mass is 10.1. The van der Waals surface area contributed by atoms with Crippen LogP contribution >= 0.6 is 23.4 Å². The zero-order valence-corrected chi connectivity index (χ0v) is 40.8. The molecule has 0 aromatic heterocycles. The van der Waals surface area contributed by atoms with Crippen LogP contribution in [0.15, 0.2) is 112 Å². The average Bonchev–Trinajstić information content (AvgIpc) is 3.34. The number of nitrogens with zero attached hydrogens (tertiary/aromatic N) is 1. The number of aliphatic imine (C=N–C) groups is 1. The standard InChI is InChI=1S/C30H27N3O15.C15H14ClN3O4S3/c34-19-7-1-4-13(22(19)37)25(40)31-16-10-46-29(44)18(33-27(42)15-6-3-9-21(36)24(15)39)12-48-30(45)17(11-47-28(16)43)32-26(41)14-5-2-8-20(35)23(14)38;16-11-6-12-14(7-13(11)25(17,20)21)26(22,23)19-15(18-12)9-24-8-10-4-2-1-3-5-10/h1-9,16-18,34-39H,10-12H2,(H,31,40)(H,32,41)(H,33,42);1-7H,8-9H2,(H,18,19)(H2,17,20,21)/t16-,17-,18-;/m0./s1. The van der Waals surface area contributed by atoms with Gasteiger partial charge in [0.15, 0.2) is 52.6 Å². The van der Waals surface area contributed by atoms with E-state index >= 15 is 0 Å². The fraction of sp³-hybridized carbons (Fsp3) is 0.178. The molecule has 5 aromatic rings. The third-order valence-corrected chi connectivity index (χ3v) is 14.0. The van der Waals surface area contributed by atoms with Crippen LogP contribution in [0.2, 0.25) is 5.02 Å². The van der Waals surface area contributed by atoms with Gasteiger partial charge in [0, 0.05) is 5.75 Å². The summed E-state index contributed by atoms with van der Waals surface area (Å²) in [5.41, 5.74) is -0.280. The number of ether oxygens (including phenoxy) is 3. The largest absolute Gasteiger partial charge is 0.504 e. The second-order valence-corrected chi connectivity index (χ2v) is 20.0. The number of amidine groups is 1. The highest BCUT2D eigenvalue weighted by atomic mass is 35.5. The lowest BCUT2D eigenvalue weighted by Crippen LogP contribution is -2.52. The summed E-state index contributed by atoms with van der Waals surface area (Å²) in [4.78, 5) is 81.4. The van der Waals surface area contributed by atoms with Crippen molar-refractivity contribution in [3.05, 3.63) is 124 Å². The van der Waals surface area contributed by atoms with Crippen molar-refractivity contribution in [1.82, 2.24) is 20.7 Å². The number of cyclic esters (lactones) is 3. The molecule has 2 aliphatic rings. The minimum absolute atomic E-state index is 0.0801. The van der Waals surface area contributed by atoms with Gasteiger partial charge in [-0.05, 0) is 54.1 Å². The number of hydrogen-bond donors (Lipinski definition) is 11. The van der Waals surface area contributed by atoms with E-state index in [1.807, 2.05) is 30.3 Å². The fourth-order valence-corrected chi connectivity index (χ4v) is 9.79. The summed E-state index contributed by atoms with van der Waals surface area (Å²) < 4.78 is 65.6. The van der Waals surface area contributed by atoms with Crippen molar-refractivity contribution in [3.8, 4) is 34.5 Å². The second-order valence-electron chi connectivity index (χ2n) is 15.4. The maximum absolute atomic E-state index is 13.1. The van der Waals surface area contributed by atoms with Gasteiger partial charge in [0.05, 0.1) is 33.2 Å². The molecule has 0 unspecified atom stereocenters. The summed E-state index contributed by atoms with van der Waals surface area (Å²) in [6, 6.07) is 16.5. The molecule has 1 saturated heterocycles. The SMILES string of the molecule is NS(=O)(=O)c1cc2c(cc1Cl)N=C(CSCc1ccccc1)NS2(=O)=O.O=C(N[C@H]1COC(=O)[C@@H](NC(=O)c2cccc(O)c2O)COC(=O)[C@@H](NC(=O)c2cccc(O)c2O)COC1=O)c1cccc(O)c1O. The highest BCUT2D eigenvalue weighted by Gasteiger charge is 2.35. The number of amides is 3. The molecular formula is C45H41ClN6O19S3. The van der Waals surface area contributed by atoms with Crippen molar-refractivity contribution in [1.29, 1.82) is 0 Å². The summed E-state index contributed by atoms with van der Waals surface area (Å²) in [6.45, 7) is -2.85. The summed E-state index contributed by atoms with van der Waals surface area (Å²) in [7, 11) is -8.11. The molecule has 74 heavy (non-hydrogen) atoms. The molecule has 3 amide bonds. The smallest absolute Gasteiger partial charge is 0.332 e. The van der Waals surface area contributed by atoms with E-state index in [9.17, 15) is 76.2 Å². The molecule has 0 radical (unpaired) electrons. The van der Waals surface area contributed by atoms with Crippen LogP contribution in [0.25, 0.3) is 0 Å². The quantitative estimate of drug-likeness (QED) is 0.0507. The number of halogens is 1.